The zero-order valence-electron chi connectivity index (χ0n) is 16.2. The summed E-state index contributed by atoms with van der Waals surface area (Å²) in [6.45, 7) is 2.54. The number of Topliss-reactive ketones (excluding diaryl/α,β-unsaturated/α-hetero) is 1. The van der Waals surface area contributed by atoms with E-state index in [2.05, 4.69) is 4.72 Å². The number of carbonyl (C=O) groups excluding carboxylic acids is 2. The molecule has 2 fully saturated rings. The van der Waals surface area contributed by atoms with Crippen molar-refractivity contribution in [1.82, 2.24) is 4.72 Å². The lowest BCUT2D eigenvalue weighted by Crippen LogP contribution is -2.29. The van der Waals surface area contributed by atoms with Crippen molar-refractivity contribution in [3.63, 3.8) is 0 Å². The Labute approximate surface area is 170 Å². The topological polar surface area (TPSA) is 89.5 Å². The van der Waals surface area contributed by atoms with Gasteiger partial charge in [-0.25, -0.2) is 13.1 Å². The minimum Gasteiger partial charge on any atom is -0.466 e. The molecule has 0 spiro atoms. The molecular formula is C20H27NO5S2. The van der Waals surface area contributed by atoms with Crippen LogP contribution in [0.4, 0.5) is 0 Å². The molecule has 0 aromatic carbocycles. The molecule has 0 amide bonds. The Hall–Kier alpha value is -1.25. The number of sulfonamides is 1. The maximum atomic E-state index is 13.2. The maximum absolute atomic E-state index is 13.2. The van der Waals surface area contributed by atoms with Crippen molar-refractivity contribution in [1.29, 1.82) is 0 Å². The zero-order chi connectivity index (χ0) is 19.9. The molecule has 1 atom stereocenters. The summed E-state index contributed by atoms with van der Waals surface area (Å²) in [6.07, 6.45) is 5.83. The molecular weight excluding hydrogens is 398 g/mol. The largest absolute Gasteiger partial charge is 0.466 e. The van der Waals surface area contributed by atoms with Crippen LogP contribution in [0, 0.1) is 17.8 Å². The van der Waals surface area contributed by atoms with Crippen molar-refractivity contribution in [3.8, 4) is 0 Å². The predicted octanol–water partition coefficient (Wildman–Crippen LogP) is 2.63. The lowest BCUT2D eigenvalue weighted by molar-refractivity contribution is -0.148. The van der Waals surface area contributed by atoms with E-state index in [1.807, 2.05) is 0 Å². The van der Waals surface area contributed by atoms with E-state index in [1.54, 1.807) is 6.92 Å². The maximum Gasteiger partial charge on any atom is 0.309 e. The second-order valence-corrected chi connectivity index (χ2v) is 11.1. The summed E-state index contributed by atoms with van der Waals surface area (Å²) in [5.41, 5.74) is 0.733. The van der Waals surface area contributed by atoms with Crippen LogP contribution in [0.25, 0.3) is 0 Å². The highest BCUT2D eigenvalue weighted by Crippen LogP contribution is 2.41. The predicted molar refractivity (Wildman–Crippen MR) is 106 cm³/mol. The second kappa shape index (κ2) is 7.88. The number of rotatable bonds is 9. The average molecular weight is 426 g/mol. The highest BCUT2D eigenvalue weighted by atomic mass is 32.2. The molecule has 1 heterocycles. The van der Waals surface area contributed by atoms with Gasteiger partial charge in [0.25, 0.3) is 0 Å². The highest BCUT2D eigenvalue weighted by Gasteiger charge is 2.37. The first-order valence-electron chi connectivity index (χ1n) is 10.2. The van der Waals surface area contributed by atoms with Crippen molar-refractivity contribution < 1.29 is 22.7 Å². The van der Waals surface area contributed by atoms with Gasteiger partial charge in [-0.1, -0.05) is 0 Å². The molecule has 1 unspecified atom stereocenters. The Bertz CT molecular complexity index is 881. The van der Waals surface area contributed by atoms with Crippen LogP contribution >= 0.6 is 11.3 Å². The number of ketones is 1. The van der Waals surface area contributed by atoms with E-state index in [9.17, 15) is 18.0 Å². The van der Waals surface area contributed by atoms with Gasteiger partial charge < -0.3 is 4.74 Å². The Kier molecular flexibility index (Phi) is 5.64. The van der Waals surface area contributed by atoms with E-state index in [-0.39, 0.29) is 34.9 Å². The van der Waals surface area contributed by atoms with Crippen LogP contribution in [0.3, 0.4) is 0 Å². The van der Waals surface area contributed by atoms with Gasteiger partial charge in [0.1, 0.15) is 5.78 Å². The lowest BCUT2D eigenvalue weighted by Gasteiger charge is -2.21. The molecule has 3 aliphatic rings. The van der Waals surface area contributed by atoms with Crippen LogP contribution in [0.15, 0.2) is 4.90 Å². The summed E-state index contributed by atoms with van der Waals surface area (Å²) >= 11 is 1.45. The van der Waals surface area contributed by atoms with Gasteiger partial charge in [0, 0.05) is 28.6 Å². The summed E-state index contributed by atoms with van der Waals surface area (Å²) in [5.74, 6) is 0.0873. The molecule has 0 saturated heterocycles. The number of ether oxygens (including phenoxy) is 1. The summed E-state index contributed by atoms with van der Waals surface area (Å²) in [5, 5.41) is 0. The van der Waals surface area contributed by atoms with Gasteiger partial charge in [-0.2, -0.15) is 0 Å². The summed E-state index contributed by atoms with van der Waals surface area (Å²) in [7, 11) is -3.70. The first kappa shape index (κ1) is 20.0. The third kappa shape index (κ3) is 4.33. The quantitative estimate of drug-likeness (QED) is 0.615. The van der Waals surface area contributed by atoms with Crippen LogP contribution in [0.5, 0.6) is 0 Å². The van der Waals surface area contributed by atoms with Crippen LogP contribution in [0.2, 0.25) is 0 Å². The molecule has 154 valence electrons. The van der Waals surface area contributed by atoms with Gasteiger partial charge in [0.2, 0.25) is 10.0 Å². The fourth-order valence-electron chi connectivity index (χ4n) is 3.83. The normalized spacial score (nSPS) is 22.0. The molecule has 0 bridgehead atoms. The summed E-state index contributed by atoms with van der Waals surface area (Å²) in [6, 6.07) is 0. The van der Waals surface area contributed by atoms with Gasteiger partial charge in [0.15, 0.2) is 0 Å². The molecule has 1 aromatic rings. The molecule has 28 heavy (non-hydrogen) atoms. The Balaban J connectivity index is 1.65. The lowest BCUT2D eigenvalue weighted by atomic mass is 9.88. The van der Waals surface area contributed by atoms with Gasteiger partial charge >= 0.3 is 5.97 Å². The second-order valence-electron chi connectivity index (χ2n) is 8.16. The van der Waals surface area contributed by atoms with Gasteiger partial charge in [-0.3, -0.25) is 9.59 Å². The van der Waals surface area contributed by atoms with Crippen molar-refractivity contribution in [2.45, 2.75) is 63.2 Å². The third-order valence-corrected chi connectivity index (χ3v) is 8.79. The van der Waals surface area contributed by atoms with Crippen molar-refractivity contribution >= 4 is 33.1 Å². The van der Waals surface area contributed by atoms with E-state index >= 15 is 0 Å². The van der Waals surface area contributed by atoms with Gasteiger partial charge in [-0.15, -0.1) is 11.3 Å². The molecule has 3 aliphatic carbocycles. The first-order valence-corrected chi connectivity index (χ1v) is 12.5. The minimum atomic E-state index is -3.70. The summed E-state index contributed by atoms with van der Waals surface area (Å²) < 4.78 is 34.2. The number of carbonyl (C=O) groups is 2. The number of fused-ring (bicyclic) bond motifs is 1. The van der Waals surface area contributed by atoms with Crippen molar-refractivity contribution in [2.24, 2.45) is 17.8 Å². The van der Waals surface area contributed by atoms with Gasteiger partial charge in [-0.05, 0) is 63.4 Å². The average Bonchev–Trinajstić information content (AvgIpc) is 3.55. The van der Waals surface area contributed by atoms with Crippen molar-refractivity contribution in [3.05, 3.63) is 15.3 Å². The van der Waals surface area contributed by atoms with Gasteiger partial charge in [0.05, 0.1) is 17.4 Å². The smallest absolute Gasteiger partial charge is 0.309 e. The fraction of sp³-hybridized carbons (Fsp3) is 0.700. The van der Waals surface area contributed by atoms with E-state index in [0.717, 1.165) is 36.1 Å². The van der Waals surface area contributed by atoms with E-state index in [1.165, 1.54) is 11.3 Å². The van der Waals surface area contributed by atoms with E-state index in [4.69, 9.17) is 4.74 Å². The first-order chi connectivity index (χ1) is 13.4. The Morgan fingerprint density at radius 3 is 2.54 bits per heavy atom. The van der Waals surface area contributed by atoms with E-state index in [0.29, 0.717) is 43.2 Å². The van der Waals surface area contributed by atoms with Crippen LogP contribution in [-0.2, 0) is 43.6 Å². The molecule has 2 saturated carbocycles. The van der Waals surface area contributed by atoms with Crippen LogP contribution in [-0.4, -0.2) is 33.3 Å². The highest BCUT2D eigenvalue weighted by molar-refractivity contribution is 7.89. The number of hydrogen-bond donors (Lipinski definition) is 1. The fourth-order valence-corrected chi connectivity index (χ4v) is 7.11. The number of aryl methyl sites for hydroxylation is 1. The van der Waals surface area contributed by atoms with Crippen LogP contribution in [0.1, 0.15) is 54.3 Å². The standard InChI is InChI=1S/C20H27NO5S2/c1-2-26-20(23)14-7-8-17-15(9-14)19(28(24,25)21-11-12-3-4-12)18(27-17)10-16(22)13-5-6-13/h12-14,21H,2-11H2,1H3. The van der Waals surface area contributed by atoms with Crippen LogP contribution < -0.4 is 4.72 Å². The molecule has 6 nitrogen and oxygen atoms in total. The number of hydrogen-bond acceptors (Lipinski definition) is 6. The molecule has 0 aliphatic heterocycles. The number of thiophene rings is 1. The third-order valence-electron chi connectivity index (χ3n) is 5.80. The van der Waals surface area contributed by atoms with E-state index < -0.39 is 10.0 Å². The Morgan fingerprint density at radius 1 is 1.14 bits per heavy atom. The van der Waals surface area contributed by atoms with Crippen molar-refractivity contribution in [2.75, 3.05) is 13.2 Å². The minimum absolute atomic E-state index is 0.0985. The molecule has 4 rings (SSSR count). The number of nitrogens with one attached hydrogen (secondary N) is 1. The molecule has 8 heteroatoms. The summed E-state index contributed by atoms with van der Waals surface area (Å²) in [4.78, 5) is 26.6. The SMILES string of the molecule is CCOC(=O)C1CCc2sc(CC(=O)C3CC3)c(S(=O)(=O)NCC3CC3)c2C1. The monoisotopic (exact) mass is 425 g/mol. The molecule has 0 radical (unpaired) electrons. The zero-order valence-corrected chi connectivity index (χ0v) is 17.8. The number of esters is 1. The Morgan fingerprint density at radius 2 is 1.89 bits per heavy atom. The molecule has 1 N–H and O–H groups in total. The molecule has 1 aromatic heterocycles.